The van der Waals surface area contributed by atoms with Crippen LogP contribution < -0.4 is 0 Å². The van der Waals surface area contributed by atoms with Crippen molar-refractivity contribution in [2.45, 2.75) is 53.4 Å². The molecule has 0 saturated heterocycles. The van der Waals surface area contributed by atoms with Gasteiger partial charge in [0.15, 0.2) is 0 Å². The number of aliphatic hydroxyl groups excluding tert-OH is 2. The van der Waals surface area contributed by atoms with Crippen LogP contribution in [-0.2, 0) is 0 Å². The number of allylic oxidation sites excluding steroid dienone is 2. The summed E-state index contributed by atoms with van der Waals surface area (Å²) in [6.07, 6.45) is 8.26. The van der Waals surface area contributed by atoms with Crippen LogP contribution in [0, 0.1) is 44.1 Å². The molecule has 0 bridgehead atoms. The van der Waals surface area contributed by atoms with E-state index < -0.39 is 0 Å². The standard InChI is InChI=1S/2C7H14O.Ac/c2*1-3-4-7(2)5-6-8;/h2*5,8H,3-4,6H2,1-2H3;. The molecule has 3 heteroatoms. The zero-order valence-corrected chi connectivity index (χ0v) is 16.6. The quantitative estimate of drug-likeness (QED) is 0.603. The van der Waals surface area contributed by atoms with Crippen molar-refractivity contribution in [3.05, 3.63) is 23.3 Å². The SMILES string of the molecule is CCCC(C)=CCO.CCCC(C)=CCO.[Ac]. The van der Waals surface area contributed by atoms with Gasteiger partial charge in [0.2, 0.25) is 0 Å². The van der Waals surface area contributed by atoms with Crippen LogP contribution in [0.15, 0.2) is 23.3 Å². The van der Waals surface area contributed by atoms with Crippen molar-refractivity contribution < 1.29 is 54.3 Å². The molecule has 0 aliphatic rings. The maximum atomic E-state index is 8.39. The van der Waals surface area contributed by atoms with Gasteiger partial charge in [-0.3, -0.25) is 0 Å². The monoisotopic (exact) mass is 455 g/mol. The molecule has 17 heavy (non-hydrogen) atoms. The molecule has 0 aliphatic heterocycles. The average molecular weight is 455 g/mol. The van der Waals surface area contributed by atoms with E-state index in [0.717, 1.165) is 12.8 Å². The van der Waals surface area contributed by atoms with E-state index >= 15 is 0 Å². The zero-order chi connectivity index (χ0) is 12.8. The van der Waals surface area contributed by atoms with Crippen LogP contribution in [0.25, 0.3) is 0 Å². The first-order valence-corrected chi connectivity index (χ1v) is 6.15. The molecule has 99 valence electrons. The molecular formula is C14H28AcO2. The van der Waals surface area contributed by atoms with Gasteiger partial charge in [-0.05, 0) is 26.7 Å². The minimum absolute atomic E-state index is 0. The van der Waals surface area contributed by atoms with Crippen LogP contribution in [0.3, 0.4) is 0 Å². The van der Waals surface area contributed by atoms with Crippen LogP contribution in [0.5, 0.6) is 0 Å². The second kappa shape index (κ2) is 19.2. The van der Waals surface area contributed by atoms with Gasteiger partial charge in [-0.15, -0.1) is 0 Å². The fourth-order valence-corrected chi connectivity index (χ4v) is 1.30. The first-order valence-electron chi connectivity index (χ1n) is 6.15. The Morgan fingerprint density at radius 1 is 0.824 bits per heavy atom. The topological polar surface area (TPSA) is 40.5 Å². The molecule has 0 amide bonds. The smallest absolute Gasteiger partial charge is 0.0614 e. The Morgan fingerprint density at radius 3 is 1.29 bits per heavy atom. The molecule has 0 rings (SSSR count). The molecule has 1 radical (unpaired) electrons. The first-order chi connectivity index (χ1) is 7.62. The van der Waals surface area contributed by atoms with E-state index in [2.05, 4.69) is 13.8 Å². The Labute approximate surface area is 143 Å². The number of aliphatic hydroxyl groups is 2. The summed E-state index contributed by atoms with van der Waals surface area (Å²) in [5.41, 5.74) is 2.57. The molecule has 0 aliphatic carbocycles. The van der Waals surface area contributed by atoms with Gasteiger partial charge in [-0.2, -0.15) is 0 Å². The maximum Gasteiger partial charge on any atom is 0.0614 e. The average Bonchev–Trinajstić information content (AvgIpc) is 2.20. The molecule has 0 spiro atoms. The van der Waals surface area contributed by atoms with Crippen LogP contribution >= 0.6 is 0 Å². The Balaban J connectivity index is -0.000000218. The minimum atomic E-state index is 0. The van der Waals surface area contributed by atoms with Gasteiger partial charge in [0.25, 0.3) is 0 Å². The molecule has 0 saturated carbocycles. The third kappa shape index (κ3) is 22.5. The normalized spacial score (nSPS) is 11.4. The predicted molar refractivity (Wildman–Crippen MR) is 71.5 cm³/mol. The molecule has 0 unspecified atom stereocenters. The maximum absolute atomic E-state index is 8.39. The molecular weight excluding hydrogens is 427 g/mol. The third-order valence-electron chi connectivity index (χ3n) is 2.17. The van der Waals surface area contributed by atoms with E-state index in [1.165, 1.54) is 24.0 Å². The van der Waals surface area contributed by atoms with Gasteiger partial charge in [-0.1, -0.05) is 50.0 Å². The van der Waals surface area contributed by atoms with Crippen molar-refractivity contribution in [1.82, 2.24) is 0 Å². The summed E-state index contributed by atoms with van der Waals surface area (Å²) in [6.45, 7) is 8.72. The summed E-state index contributed by atoms with van der Waals surface area (Å²) >= 11 is 0. The molecule has 2 N–H and O–H groups in total. The largest absolute Gasteiger partial charge is 0.392 e. The Morgan fingerprint density at radius 2 is 1.12 bits per heavy atom. The number of hydrogen-bond donors (Lipinski definition) is 2. The summed E-state index contributed by atoms with van der Waals surface area (Å²) in [7, 11) is 0. The summed E-state index contributed by atoms with van der Waals surface area (Å²) < 4.78 is 0. The number of rotatable bonds is 6. The summed E-state index contributed by atoms with van der Waals surface area (Å²) in [5, 5.41) is 16.8. The molecule has 0 aromatic rings. The van der Waals surface area contributed by atoms with Crippen LogP contribution in [0.2, 0.25) is 0 Å². The fourth-order valence-electron chi connectivity index (χ4n) is 1.30. The molecule has 0 atom stereocenters. The van der Waals surface area contributed by atoms with E-state index in [0.29, 0.717) is 0 Å². The second-order valence-electron chi connectivity index (χ2n) is 3.97. The molecule has 2 nitrogen and oxygen atoms in total. The van der Waals surface area contributed by atoms with Crippen LogP contribution in [0.4, 0.5) is 0 Å². The fraction of sp³-hybridized carbons (Fsp3) is 0.714. The molecule has 0 aromatic heterocycles. The zero-order valence-electron chi connectivity index (χ0n) is 11.9. The Kier molecular flexibility index (Phi) is 25.9. The molecule has 0 aromatic carbocycles. The predicted octanol–water partition coefficient (Wildman–Crippen LogP) is 3.45. The van der Waals surface area contributed by atoms with Crippen molar-refractivity contribution in [2.24, 2.45) is 0 Å². The van der Waals surface area contributed by atoms with Crippen LogP contribution in [0.1, 0.15) is 53.4 Å². The van der Waals surface area contributed by atoms with E-state index in [1.807, 2.05) is 26.0 Å². The van der Waals surface area contributed by atoms with Crippen molar-refractivity contribution in [1.29, 1.82) is 0 Å². The van der Waals surface area contributed by atoms with Crippen molar-refractivity contribution in [3.8, 4) is 0 Å². The number of hydrogen-bond acceptors (Lipinski definition) is 2. The van der Waals surface area contributed by atoms with Gasteiger partial charge in [0.1, 0.15) is 0 Å². The van der Waals surface area contributed by atoms with Gasteiger partial charge in [-0.25, -0.2) is 0 Å². The van der Waals surface area contributed by atoms with Crippen molar-refractivity contribution in [3.63, 3.8) is 0 Å². The Hall–Kier alpha value is 0.842. The third-order valence-corrected chi connectivity index (χ3v) is 2.17. The summed E-state index contributed by atoms with van der Waals surface area (Å²) in [4.78, 5) is 0. The van der Waals surface area contributed by atoms with Crippen LogP contribution in [-0.4, -0.2) is 23.4 Å². The van der Waals surface area contributed by atoms with Gasteiger partial charge >= 0.3 is 0 Å². The molecule has 0 fully saturated rings. The first kappa shape index (κ1) is 23.0. The van der Waals surface area contributed by atoms with E-state index in [9.17, 15) is 0 Å². The van der Waals surface area contributed by atoms with Gasteiger partial charge < -0.3 is 10.2 Å². The molecule has 0 heterocycles. The van der Waals surface area contributed by atoms with Gasteiger partial charge in [0, 0.05) is 44.1 Å². The van der Waals surface area contributed by atoms with Crippen molar-refractivity contribution >= 4 is 0 Å². The summed E-state index contributed by atoms with van der Waals surface area (Å²) in [6, 6.07) is 0. The van der Waals surface area contributed by atoms with E-state index in [4.69, 9.17) is 10.2 Å². The van der Waals surface area contributed by atoms with Gasteiger partial charge in [0.05, 0.1) is 13.2 Å². The summed E-state index contributed by atoms with van der Waals surface area (Å²) in [5.74, 6) is 0. The second-order valence-corrected chi connectivity index (χ2v) is 3.97. The Bertz CT molecular complexity index is 176. The minimum Gasteiger partial charge on any atom is -0.392 e. The van der Waals surface area contributed by atoms with E-state index in [-0.39, 0.29) is 57.3 Å². The van der Waals surface area contributed by atoms with Crippen molar-refractivity contribution in [2.75, 3.05) is 13.2 Å². The van der Waals surface area contributed by atoms with E-state index in [1.54, 1.807) is 0 Å².